The number of hydrogen-bond donors (Lipinski definition) is 0. The molecule has 2 aromatic carbocycles. The number of ether oxygens (including phenoxy) is 1. The van der Waals surface area contributed by atoms with Crippen LogP contribution in [0.15, 0.2) is 42.5 Å². The van der Waals surface area contributed by atoms with Crippen molar-refractivity contribution >= 4 is 28.3 Å². The van der Waals surface area contributed by atoms with Crippen LogP contribution in [0.5, 0.6) is 0 Å². The Kier molecular flexibility index (Phi) is 4.13. The van der Waals surface area contributed by atoms with Crippen LogP contribution in [-0.4, -0.2) is 42.0 Å². The SMILES string of the molecule is CC1CN(C(=O)c2cccc3ccccc23)CC(CCl)O1. The number of rotatable bonds is 2. The normalized spacial score (nSPS) is 22.5. The Morgan fingerprint density at radius 3 is 2.81 bits per heavy atom. The van der Waals surface area contributed by atoms with Crippen LogP contribution in [0.25, 0.3) is 10.8 Å². The number of benzene rings is 2. The van der Waals surface area contributed by atoms with Gasteiger partial charge in [0.05, 0.1) is 18.1 Å². The maximum Gasteiger partial charge on any atom is 0.254 e. The summed E-state index contributed by atoms with van der Waals surface area (Å²) in [6.45, 7) is 3.13. The van der Waals surface area contributed by atoms with Gasteiger partial charge in [-0.05, 0) is 23.8 Å². The molecule has 4 heteroatoms. The van der Waals surface area contributed by atoms with Crippen molar-refractivity contribution in [3.8, 4) is 0 Å². The predicted octanol–water partition coefficient (Wildman–Crippen LogP) is 3.31. The minimum atomic E-state index is -0.0886. The van der Waals surface area contributed by atoms with Gasteiger partial charge in [-0.3, -0.25) is 4.79 Å². The lowest BCUT2D eigenvalue weighted by atomic mass is 10.0. The maximum atomic E-state index is 12.8. The lowest BCUT2D eigenvalue weighted by Gasteiger charge is -2.36. The van der Waals surface area contributed by atoms with Crippen molar-refractivity contribution in [3.05, 3.63) is 48.0 Å². The molecular formula is C17H18ClNO2. The molecule has 110 valence electrons. The summed E-state index contributed by atoms with van der Waals surface area (Å²) in [6.07, 6.45) is -0.0734. The molecule has 1 heterocycles. The van der Waals surface area contributed by atoms with Crippen LogP contribution >= 0.6 is 11.6 Å². The molecule has 1 fully saturated rings. The first-order valence-electron chi connectivity index (χ1n) is 7.17. The van der Waals surface area contributed by atoms with Gasteiger partial charge in [-0.2, -0.15) is 0 Å². The van der Waals surface area contributed by atoms with Crippen molar-refractivity contribution < 1.29 is 9.53 Å². The summed E-state index contributed by atoms with van der Waals surface area (Å²) in [6, 6.07) is 13.8. The summed E-state index contributed by atoms with van der Waals surface area (Å²) >= 11 is 5.89. The molecule has 2 aromatic rings. The summed E-state index contributed by atoms with van der Waals surface area (Å²) in [4.78, 5) is 14.7. The Balaban J connectivity index is 1.93. The fourth-order valence-electron chi connectivity index (χ4n) is 2.88. The van der Waals surface area contributed by atoms with E-state index in [2.05, 4.69) is 0 Å². The molecule has 1 aliphatic rings. The predicted molar refractivity (Wildman–Crippen MR) is 84.9 cm³/mol. The van der Waals surface area contributed by atoms with E-state index in [1.807, 2.05) is 54.3 Å². The van der Waals surface area contributed by atoms with Gasteiger partial charge in [-0.15, -0.1) is 11.6 Å². The van der Waals surface area contributed by atoms with Crippen LogP contribution in [0, 0.1) is 0 Å². The summed E-state index contributed by atoms with van der Waals surface area (Å²) in [5.74, 6) is 0.459. The van der Waals surface area contributed by atoms with Gasteiger partial charge < -0.3 is 9.64 Å². The van der Waals surface area contributed by atoms with Gasteiger partial charge >= 0.3 is 0 Å². The van der Waals surface area contributed by atoms with Crippen molar-refractivity contribution in [2.45, 2.75) is 19.1 Å². The first-order chi connectivity index (χ1) is 10.2. The van der Waals surface area contributed by atoms with Crippen LogP contribution in [0.4, 0.5) is 0 Å². The zero-order valence-corrected chi connectivity index (χ0v) is 12.7. The highest BCUT2D eigenvalue weighted by molar-refractivity contribution is 6.18. The number of fused-ring (bicyclic) bond motifs is 1. The molecule has 0 aromatic heterocycles. The molecule has 0 bridgehead atoms. The van der Waals surface area contributed by atoms with Crippen molar-refractivity contribution in [1.29, 1.82) is 0 Å². The van der Waals surface area contributed by atoms with E-state index in [0.717, 1.165) is 16.3 Å². The van der Waals surface area contributed by atoms with Crippen molar-refractivity contribution in [2.75, 3.05) is 19.0 Å². The minimum absolute atomic E-state index is 0.0152. The van der Waals surface area contributed by atoms with E-state index >= 15 is 0 Å². The van der Waals surface area contributed by atoms with E-state index in [0.29, 0.717) is 19.0 Å². The second-order valence-corrected chi connectivity index (χ2v) is 5.77. The smallest absolute Gasteiger partial charge is 0.254 e. The molecule has 1 amide bonds. The largest absolute Gasteiger partial charge is 0.370 e. The van der Waals surface area contributed by atoms with Gasteiger partial charge in [0, 0.05) is 18.7 Å². The molecule has 0 radical (unpaired) electrons. The summed E-state index contributed by atoms with van der Waals surface area (Å²) in [7, 11) is 0. The van der Waals surface area contributed by atoms with E-state index in [-0.39, 0.29) is 18.1 Å². The number of carbonyl (C=O) groups is 1. The first kappa shape index (κ1) is 14.4. The van der Waals surface area contributed by atoms with Crippen molar-refractivity contribution in [3.63, 3.8) is 0 Å². The number of alkyl halides is 1. The monoisotopic (exact) mass is 303 g/mol. The van der Waals surface area contributed by atoms with Gasteiger partial charge in [0.25, 0.3) is 5.91 Å². The standard InChI is InChI=1S/C17H18ClNO2/c1-12-10-19(11-14(9-18)21-12)17(20)16-8-4-6-13-5-2-3-7-15(13)16/h2-8,12,14H,9-11H2,1H3. The maximum absolute atomic E-state index is 12.8. The average molecular weight is 304 g/mol. The second-order valence-electron chi connectivity index (χ2n) is 5.46. The van der Waals surface area contributed by atoms with E-state index in [9.17, 15) is 4.79 Å². The molecule has 0 N–H and O–H groups in total. The fraction of sp³-hybridized carbons (Fsp3) is 0.353. The minimum Gasteiger partial charge on any atom is -0.370 e. The Labute approximate surface area is 129 Å². The van der Waals surface area contributed by atoms with Gasteiger partial charge in [-0.1, -0.05) is 36.4 Å². The topological polar surface area (TPSA) is 29.5 Å². The van der Waals surface area contributed by atoms with E-state index in [1.165, 1.54) is 0 Å². The van der Waals surface area contributed by atoms with E-state index < -0.39 is 0 Å². The second kappa shape index (κ2) is 6.04. The van der Waals surface area contributed by atoms with Crippen molar-refractivity contribution in [1.82, 2.24) is 4.90 Å². The molecule has 3 nitrogen and oxygen atoms in total. The molecule has 1 aliphatic heterocycles. The molecule has 0 aliphatic carbocycles. The molecule has 0 saturated carbocycles. The summed E-state index contributed by atoms with van der Waals surface area (Å²) < 4.78 is 5.71. The van der Waals surface area contributed by atoms with Gasteiger partial charge in [0.1, 0.15) is 0 Å². The van der Waals surface area contributed by atoms with Crippen LogP contribution in [-0.2, 0) is 4.74 Å². The lowest BCUT2D eigenvalue weighted by Crippen LogP contribution is -2.49. The number of amides is 1. The molecule has 1 saturated heterocycles. The Hall–Kier alpha value is -1.58. The molecule has 2 atom stereocenters. The Bertz CT molecular complexity index is 653. The molecule has 0 spiro atoms. The number of morpholine rings is 1. The van der Waals surface area contributed by atoms with E-state index in [1.54, 1.807) is 0 Å². The van der Waals surface area contributed by atoms with Crippen LogP contribution in [0.3, 0.4) is 0 Å². The Morgan fingerprint density at radius 2 is 2.00 bits per heavy atom. The van der Waals surface area contributed by atoms with Gasteiger partial charge in [0.15, 0.2) is 0 Å². The highest BCUT2D eigenvalue weighted by Crippen LogP contribution is 2.22. The highest BCUT2D eigenvalue weighted by atomic mass is 35.5. The third-order valence-electron chi connectivity index (χ3n) is 3.81. The van der Waals surface area contributed by atoms with E-state index in [4.69, 9.17) is 16.3 Å². The van der Waals surface area contributed by atoms with Crippen LogP contribution in [0.2, 0.25) is 0 Å². The number of hydrogen-bond acceptors (Lipinski definition) is 2. The van der Waals surface area contributed by atoms with Crippen molar-refractivity contribution in [2.24, 2.45) is 0 Å². The molecule has 21 heavy (non-hydrogen) atoms. The first-order valence-corrected chi connectivity index (χ1v) is 7.71. The summed E-state index contributed by atoms with van der Waals surface area (Å²) in [5, 5.41) is 2.07. The molecule has 2 unspecified atom stereocenters. The summed E-state index contributed by atoms with van der Waals surface area (Å²) in [5.41, 5.74) is 0.746. The van der Waals surface area contributed by atoms with Gasteiger partial charge in [0.2, 0.25) is 0 Å². The zero-order chi connectivity index (χ0) is 14.8. The average Bonchev–Trinajstić information content (AvgIpc) is 2.53. The number of nitrogens with zero attached hydrogens (tertiary/aromatic N) is 1. The zero-order valence-electron chi connectivity index (χ0n) is 12.0. The van der Waals surface area contributed by atoms with Gasteiger partial charge in [-0.25, -0.2) is 0 Å². The highest BCUT2D eigenvalue weighted by Gasteiger charge is 2.29. The lowest BCUT2D eigenvalue weighted by molar-refractivity contribution is -0.0569. The number of halogens is 1. The quantitative estimate of drug-likeness (QED) is 0.797. The fourth-order valence-corrected chi connectivity index (χ4v) is 3.05. The third-order valence-corrected chi connectivity index (χ3v) is 4.15. The Morgan fingerprint density at radius 1 is 1.24 bits per heavy atom. The molecule has 3 rings (SSSR count). The van der Waals surface area contributed by atoms with Crippen LogP contribution < -0.4 is 0 Å². The van der Waals surface area contributed by atoms with Crippen LogP contribution in [0.1, 0.15) is 17.3 Å². The third kappa shape index (κ3) is 2.89. The molecular weight excluding hydrogens is 286 g/mol. The number of carbonyl (C=O) groups excluding carboxylic acids is 1.